The van der Waals surface area contributed by atoms with Crippen molar-refractivity contribution in [3.05, 3.63) is 58.1 Å². The molecule has 0 saturated heterocycles. The van der Waals surface area contributed by atoms with Gasteiger partial charge in [-0.15, -0.1) is 0 Å². The molecule has 0 atom stereocenters. The Morgan fingerprint density at radius 3 is 2.48 bits per heavy atom. The average Bonchev–Trinajstić information content (AvgIpc) is 2.37. The summed E-state index contributed by atoms with van der Waals surface area (Å²) in [5.41, 5.74) is 1.89. The SMILES string of the molecule is Cc1cc(Br)cc(NC(=O)Nc2ccccc2C(=O)O)c1. The van der Waals surface area contributed by atoms with Gasteiger partial charge in [-0.3, -0.25) is 0 Å². The second kappa shape index (κ2) is 6.41. The Hall–Kier alpha value is -2.34. The lowest BCUT2D eigenvalue weighted by Crippen LogP contribution is -2.21. The highest BCUT2D eigenvalue weighted by molar-refractivity contribution is 9.10. The van der Waals surface area contributed by atoms with Gasteiger partial charge in [0.05, 0.1) is 11.3 Å². The molecule has 21 heavy (non-hydrogen) atoms. The Kier molecular flexibility index (Phi) is 4.59. The first kappa shape index (κ1) is 15.1. The molecule has 0 fully saturated rings. The van der Waals surface area contributed by atoms with Crippen molar-refractivity contribution in [2.24, 2.45) is 0 Å². The average molecular weight is 349 g/mol. The first-order valence-electron chi connectivity index (χ1n) is 6.13. The Labute approximate surface area is 130 Å². The largest absolute Gasteiger partial charge is 0.478 e. The summed E-state index contributed by atoms with van der Waals surface area (Å²) in [6.45, 7) is 1.91. The first-order chi connectivity index (χ1) is 9.95. The van der Waals surface area contributed by atoms with Crippen molar-refractivity contribution in [3.63, 3.8) is 0 Å². The van der Waals surface area contributed by atoms with Gasteiger partial charge in [0.2, 0.25) is 0 Å². The van der Waals surface area contributed by atoms with Gasteiger partial charge in [-0.05, 0) is 42.8 Å². The van der Waals surface area contributed by atoms with Crippen LogP contribution in [0, 0.1) is 6.92 Å². The number of carbonyl (C=O) groups is 2. The number of benzene rings is 2. The van der Waals surface area contributed by atoms with E-state index in [2.05, 4.69) is 26.6 Å². The molecule has 0 heterocycles. The summed E-state index contributed by atoms with van der Waals surface area (Å²) in [5, 5.41) is 14.3. The molecule has 0 unspecified atom stereocenters. The lowest BCUT2D eigenvalue weighted by molar-refractivity contribution is 0.0698. The lowest BCUT2D eigenvalue weighted by Gasteiger charge is -2.10. The number of para-hydroxylation sites is 1. The molecule has 2 amide bonds. The van der Waals surface area contributed by atoms with E-state index in [1.807, 2.05) is 19.1 Å². The number of carboxylic acid groups (broad SMARTS) is 1. The first-order valence-corrected chi connectivity index (χ1v) is 6.92. The molecular weight excluding hydrogens is 336 g/mol. The predicted octanol–water partition coefficient (Wildman–Crippen LogP) is 4.10. The van der Waals surface area contributed by atoms with Crippen LogP contribution in [0.15, 0.2) is 46.9 Å². The van der Waals surface area contributed by atoms with Crippen LogP contribution < -0.4 is 10.6 Å². The molecule has 0 aliphatic carbocycles. The van der Waals surface area contributed by atoms with Crippen LogP contribution in [0.25, 0.3) is 0 Å². The van der Waals surface area contributed by atoms with Gasteiger partial charge in [0.15, 0.2) is 0 Å². The standard InChI is InChI=1S/C15H13BrN2O3/c1-9-6-10(16)8-11(7-9)17-15(21)18-13-5-3-2-4-12(13)14(19)20/h2-8H,1H3,(H,19,20)(H2,17,18,21). The summed E-state index contributed by atoms with van der Waals surface area (Å²) in [4.78, 5) is 23.0. The normalized spacial score (nSPS) is 10.0. The molecule has 0 spiro atoms. The molecule has 0 radical (unpaired) electrons. The van der Waals surface area contributed by atoms with E-state index >= 15 is 0 Å². The topological polar surface area (TPSA) is 78.4 Å². The summed E-state index contributed by atoms with van der Waals surface area (Å²) in [5.74, 6) is -1.09. The molecule has 0 aliphatic rings. The van der Waals surface area contributed by atoms with Gasteiger partial charge >= 0.3 is 12.0 Å². The van der Waals surface area contributed by atoms with Gasteiger partial charge in [-0.1, -0.05) is 28.1 Å². The van der Waals surface area contributed by atoms with E-state index in [1.54, 1.807) is 18.2 Å². The number of hydrogen-bond donors (Lipinski definition) is 3. The van der Waals surface area contributed by atoms with Gasteiger partial charge < -0.3 is 15.7 Å². The number of aryl methyl sites for hydroxylation is 1. The van der Waals surface area contributed by atoms with Crippen LogP contribution in [0.3, 0.4) is 0 Å². The van der Waals surface area contributed by atoms with Gasteiger partial charge in [0, 0.05) is 10.2 Å². The third kappa shape index (κ3) is 4.06. The van der Waals surface area contributed by atoms with Crippen LogP contribution in [0.5, 0.6) is 0 Å². The van der Waals surface area contributed by atoms with Crippen molar-refractivity contribution in [2.45, 2.75) is 6.92 Å². The van der Waals surface area contributed by atoms with E-state index < -0.39 is 12.0 Å². The van der Waals surface area contributed by atoms with Crippen LogP contribution in [-0.2, 0) is 0 Å². The van der Waals surface area contributed by atoms with Crippen LogP contribution in [-0.4, -0.2) is 17.1 Å². The molecule has 0 saturated carbocycles. The van der Waals surface area contributed by atoms with Gasteiger partial charge in [0.1, 0.15) is 0 Å². The fourth-order valence-electron chi connectivity index (χ4n) is 1.87. The molecule has 6 heteroatoms. The zero-order valence-corrected chi connectivity index (χ0v) is 12.8. The minimum Gasteiger partial charge on any atom is -0.478 e. The highest BCUT2D eigenvalue weighted by atomic mass is 79.9. The van der Waals surface area contributed by atoms with Gasteiger partial charge in [-0.2, -0.15) is 0 Å². The summed E-state index contributed by atoms with van der Waals surface area (Å²) < 4.78 is 0.851. The second-order valence-corrected chi connectivity index (χ2v) is 5.36. The maximum Gasteiger partial charge on any atom is 0.337 e. The molecule has 5 nitrogen and oxygen atoms in total. The highest BCUT2D eigenvalue weighted by Gasteiger charge is 2.11. The molecule has 0 aliphatic heterocycles. The Balaban J connectivity index is 2.14. The Bertz CT molecular complexity index is 681. The number of nitrogens with one attached hydrogen (secondary N) is 2. The molecule has 108 valence electrons. The zero-order chi connectivity index (χ0) is 15.4. The van der Waals surface area contributed by atoms with Crippen LogP contribution >= 0.6 is 15.9 Å². The van der Waals surface area contributed by atoms with Crippen molar-refractivity contribution in [1.29, 1.82) is 0 Å². The maximum absolute atomic E-state index is 11.9. The summed E-state index contributed by atoms with van der Waals surface area (Å²) in [6, 6.07) is 11.2. The van der Waals surface area contributed by atoms with E-state index in [9.17, 15) is 9.59 Å². The van der Waals surface area contributed by atoms with Crippen LogP contribution in [0.2, 0.25) is 0 Å². The lowest BCUT2D eigenvalue weighted by atomic mass is 10.2. The summed E-state index contributed by atoms with van der Waals surface area (Å²) in [7, 11) is 0. The van der Waals surface area contributed by atoms with Crippen LogP contribution in [0.1, 0.15) is 15.9 Å². The smallest absolute Gasteiger partial charge is 0.337 e. The quantitative estimate of drug-likeness (QED) is 0.781. The second-order valence-electron chi connectivity index (χ2n) is 4.45. The molecule has 0 aromatic heterocycles. The van der Waals surface area contributed by atoms with E-state index in [-0.39, 0.29) is 11.3 Å². The Morgan fingerprint density at radius 1 is 1.10 bits per heavy atom. The molecule has 3 N–H and O–H groups in total. The minimum atomic E-state index is -1.09. The highest BCUT2D eigenvalue weighted by Crippen LogP contribution is 2.20. The zero-order valence-electron chi connectivity index (χ0n) is 11.2. The van der Waals surface area contributed by atoms with Crippen molar-refractivity contribution in [2.75, 3.05) is 10.6 Å². The van der Waals surface area contributed by atoms with Crippen molar-refractivity contribution in [3.8, 4) is 0 Å². The molecule has 2 rings (SSSR count). The van der Waals surface area contributed by atoms with Crippen molar-refractivity contribution < 1.29 is 14.7 Å². The molecule has 2 aromatic carbocycles. The molecule has 0 bridgehead atoms. The van der Waals surface area contributed by atoms with E-state index in [0.717, 1.165) is 10.0 Å². The third-order valence-electron chi connectivity index (χ3n) is 2.71. The number of carbonyl (C=O) groups excluding carboxylic acids is 1. The maximum atomic E-state index is 11.9. The number of amides is 2. The number of halogens is 1. The molecule has 2 aromatic rings. The Morgan fingerprint density at radius 2 is 1.81 bits per heavy atom. The molecular formula is C15H13BrN2O3. The van der Waals surface area contributed by atoms with E-state index in [0.29, 0.717) is 5.69 Å². The predicted molar refractivity (Wildman–Crippen MR) is 84.9 cm³/mol. The van der Waals surface area contributed by atoms with E-state index in [1.165, 1.54) is 12.1 Å². The third-order valence-corrected chi connectivity index (χ3v) is 3.16. The van der Waals surface area contributed by atoms with Gasteiger partial charge in [-0.25, -0.2) is 9.59 Å². The van der Waals surface area contributed by atoms with E-state index in [4.69, 9.17) is 5.11 Å². The number of aromatic carboxylic acids is 1. The van der Waals surface area contributed by atoms with Gasteiger partial charge in [0.25, 0.3) is 0 Å². The number of urea groups is 1. The fourth-order valence-corrected chi connectivity index (χ4v) is 2.48. The number of carboxylic acids is 1. The number of anilines is 2. The summed E-state index contributed by atoms with van der Waals surface area (Å²) in [6.07, 6.45) is 0. The number of hydrogen-bond acceptors (Lipinski definition) is 2. The van der Waals surface area contributed by atoms with Crippen LogP contribution in [0.4, 0.5) is 16.2 Å². The van der Waals surface area contributed by atoms with Crippen molar-refractivity contribution >= 4 is 39.3 Å². The minimum absolute atomic E-state index is 0.0399. The summed E-state index contributed by atoms with van der Waals surface area (Å²) >= 11 is 3.35. The van der Waals surface area contributed by atoms with Crippen molar-refractivity contribution in [1.82, 2.24) is 0 Å². The fraction of sp³-hybridized carbons (Fsp3) is 0.0667. The monoisotopic (exact) mass is 348 g/mol. The number of rotatable bonds is 3.